The minimum atomic E-state index is 0.350. The van der Waals surface area contributed by atoms with Crippen LogP contribution in [0.25, 0.3) is 0 Å². The molecule has 1 N–H and O–H groups in total. The van der Waals surface area contributed by atoms with Gasteiger partial charge in [-0.3, -0.25) is 4.99 Å². The smallest absolute Gasteiger partial charge is 0.157 e. The SMILES string of the molecule is COCCN(C)CCN=C1NC2(CCCC(C)C2)CS1. The lowest BCUT2D eigenvalue weighted by molar-refractivity contribution is 0.163. The van der Waals surface area contributed by atoms with Gasteiger partial charge in [0.25, 0.3) is 0 Å². The molecule has 1 saturated heterocycles. The van der Waals surface area contributed by atoms with Crippen LogP contribution in [0.1, 0.15) is 32.6 Å². The molecule has 1 spiro atoms. The number of hydrogen-bond donors (Lipinski definition) is 1. The quantitative estimate of drug-likeness (QED) is 0.816. The van der Waals surface area contributed by atoms with E-state index in [0.29, 0.717) is 5.54 Å². The van der Waals surface area contributed by atoms with Gasteiger partial charge in [0.05, 0.1) is 13.2 Å². The van der Waals surface area contributed by atoms with Crippen molar-refractivity contribution in [2.24, 2.45) is 10.9 Å². The number of likely N-dealkylation sites (N-methyl/N-ethyl adjacent to an activating group) is 1. The van der Waals surface area contributed by atoms with Crippen LogP contribution in [0.4, 0.5) is 0 Å². The number of ether oxygens (including phenoxy) is 1. The van der Waals surface area contributed by atoms with Crippen LogP contribution >= 0.6 is 11.8 Å². The predicted molar refractivity (Wildman–Crippen MR) is 87.6 cm³/mol. The topological polar surface area (TPSA) is 36.9 Å². The largest absolute Gasteiger partial charge is 0.383 e. The zero-order chi connectivity index (χ0) is 14.4. The van der Waals surface area contributed by atoms with Crippen LogP contribution in [-0.4, -0.2) is 61.8 Å². The van der Waals surface area contributed by atoms with Gasteiger partial charge in [-0.15, -0.1) is 0 Å². The van der Waals surface area contributed by atoms with Crippen molar-refractivity contribution in [3.8, 4) is 0 Å². The fraction of sp³-hybridized carbons (Fsp3) is 0.933. The molecule has 1 saturated carbocycles. The fourth-order valence-electron chi connectivity index (χ4n) is 3.18. The molecule has 20 heavy (non-hydrogen) atoms. The summed E-state index contributed by atoms with van der Waals surface area (Å²) < 4.78 is 5.08. The lowest BCUT2D eigenvalue weighted by atomic mass is 9.78. The van der Waals surface area contributed by atoms with Crippen molar-refractivity contribution in [1.29, 1.82) is 0 Å². The van der Waals surface area contributed by atoms with E-state index in [1.807, 2.05) is 11.8 Å². The third-order valence-corrected chi connectivity index (χ3v) is 5.56. The van der Waals surface area contributed by atoms with Gasteiger partial charge in [-0.2, -0.15) is 0 Å². The maximum Gasteiger partial charge on any atom is 0.157 e. The molecule has 0 bridgehead atoms. The zero-order valence-corrected chi connectivity index (χ0v) is 14.0. The molecule has 0 aromatic carbocycles. The molecule has 4 nitrogen and oxygen atoms in total. The third-order valence-electron chi connectivity index (χ3n) is 4.36. The minimum Gasteiger partial charge on any atom is -0.383 e. The first-order chi connectivity index (χ1) is 9.63. The first-order valence-corrected chi connectivity index (χ1v) is 8.75. The van der Waals surface area contributed by atoms with Crippen molar-refractivity contribution in [3.05, 3.63) is 0 Å². The van der Waals surface area contributed by atoms with Crippen LogP contribution in [0.5, 0.6) is 0 Å². The molecule has 2 unspecified atom stereocenters. The van der Waals surface area contributed by atoms with Gasteiger partial charge in [0.2, 0.25) is 0 Å². The Balaban J connectivity index is 1.73. The fourth-order valence-corrected chi connectivity index (χ4v) is 4.40. The van der Waals surface area contributed by atoms with Crippen LogP contribution in [0.2, 0.25) is 0 Å². The van der Waals surface area contributed by atoms with E-state index >= 15 is 0 Å². The molecule has 2 fully saturated rings. The maximum atomic E-state index is 5.08. The summed E-state index contributed by atoms with van der Waals surface area (Å²) in [7, 11) is 3.87. The Morgan fingerprint density at radius 3 is 3.10 bits per heavy atom. The summed E-state index contributed by atoms with van der Waals surface area (Å²) in [4.78, 5) is 7.00. The van der Waals surface area contributed by atoms with E-state index < -0.39 is 0 Å². The summed E-state index contributed by atoms with van der Waals surface area (Å²) in [6.45, 7) is 6.03. The van der Waals surface area contributed by atoms with Gasteiger partial charge in [0.15, 0.2) is 5.17 Å². The van der Waals surface area contributed by atoms with E-state index in [4.69, 9.17) is 9.73 Å². The molecule has 1 aliphatic carbocycles. The second-order valence-electron chi connectivity index (χ2n) is 6.38. The summed E-state index contributed by atoms with van der Waals surface area (Å²) in [6.07, 6.45) is 5.39. The second kappa shape index (κ2) is 7.66. The summed E-state index contributed by atoms with van der Waals surface area (Å²) in [6, 6.07) is 0. The molecule has 2 rings (SSSR count). The number of nitrogens with one attached hydrogen (secondary N) is 1. The number of rotatable bonds is 6. The summed E-state index contributed by atoms with van der Waals surface area (Å²) in [5, 5.41) is 4.89. The summed E-state index contributed by atoms with van der Waals surface area (Å²) in [5.74, 6) is 2.06. The van der Waals surface area contributed by atoms with Crippen LogP contribution < -0.4 is 5.32 Å². The van der Waals surface area contributed by atoms with Gasteiger partial charge in [0.1, 0.15) is 0 Å². The number of nitrogens with zero attached hydrogens (tertiary/aromatic N) is 2. The first kappa shape index (κ1) is 16.1. The van der Waals surface area contributed by atoms with Crippen LogP contribution in [0.3, 0.4) is 0 Å². The molecule has 1 aliphatic heterocycles. The number of methoxy groups -OCH3 is 1. The van der Waals surface area contributed by atoms with Gasteiger partial charge in [-0.05, 0) is 25.8 Å². The monoisotopic (exact) mass is 299 g/mol. The number of hydrogen-bond acceptors (Lipinski definition) is 4. The third kappa shape index (κ3) is 4.64. The van der Waals surface area contributed by atoms with Crippen molar-refractivity contribution >= 4 is 16.9 Å². The van der Waals surface area contributed by atoms with Gasteiger partial charge in [0, 0.05) is 31.5 Å². The standard InChI is InChI=1S/C15H29N3OS/c1-13-5-4-6-15(11-13)12-20-14(17-15)16-7-8-18(2)9-10-19-3/h13H,4-12H2,1-3H3,(H,16,17). The molecule has 0 amide bonds. The Kier molecular flexibility index (Phi) is 6.18. The van der Waals surface area contributed by atoms with E-state index in [1.165, 1.54) is 36.6 Å². The minimum absolute atomic E-state index is 0.350. The predicted octanol–water partition coefficient (Wildman–Crippen LogP) is 2.21. The van der Waals surface area contributed by atoms with E-state index in [-0.39, 0.29) is 0 Å². The van der Waals surface area contributed by atoms with Gasteiger partial charge >= 0.3 is 0 Å². The first-order valence-electron chi connectivity index (χ1n) is 7.76. The maximum absolute atomic E-state index is 5.08. The van der Waals surface area contributed by atoms with Crippen LogP contribution in [0.15, 0.2) is 4.99 Å². The number of thioether (sulfide) groups is 1. The highest BCUT2D eigenvalue weighted by molar-refractivity contribution is 8.14. The lowest BCUT2D eigenvalue weighted by Gasteiger charge is -2.36. The Hall–Kier alpha value is -0.260. The van der Waals surface area contributed by atoms with Gasteiger partial charge in [-0.1, -0.05) is 31.5 Å². The molecule has 0 aromatic rings. The van der Waals surface area contributed by atoms with Crippen molar-refractivity contribution in [3.63, 3.8) is 0 Å². The molecular weight excluding hydrogens is 270 g/mol. The average molecular weight is 299 g/mol. The molecule has 2 atom stereocenters. The Morgan fingerprint density at radius 2 is 2.35 bits per heavy atom. The van der Waals surface area contributed by atoms with Crippen molar-refractivity contribution in [1.82, 2.24) is 10.2 Å². The Labute approximate surface area is 127 Å². The molecule has 1 heterocycles. The van der Waals surface area contributed by atoms with Crippen molar-refractivity contribution in [2.75, 3.05) is 46.2 Å². The Bertz CT molecular complexity index is 337. The van der Waals surface area contributed by atoms with Crippen molar-refractivity contribution in [2.45, 2.75) is 38.1 Å². The highest BCUT2D eigenvalue weighted by atomic mass is 32.2. The van der Waals surface area contributed by atoms with Crippen molar-refractivity contribution < 1.29 is 4.74 Å². The Morgan fingerprint density at radius 1 is 1.50 bits per heavy atom. The van der Waals surface area contributed by atoms with E-state index in [1.54, 1.807) is 7.11 Å². The molecular formula is C15H29N3OS. The van der Waals surface area contributed by atoms with E-state index in [9.17, 15) is 0 Å². The molecule has 0 aromatic heterocycles. The highest BCUT2D eigenvalue weighted by Gasteiger charge is 2.40. The normalized spacial score (nSPS) is 32.2. The van der Waals surface area contributed by atoms with E-state index in [2.05, 4.69) is 24.2 Å². The zero-order valence-electron chi connectivity index (χ0n) is 13.2. The molecule has 5 heteroatoms. The molecule has 116 valence electrons. The highest BCUT2D eigenvalue weighted by Crippen LogP contribution is 2.38. The van der Waals surface area contributed by atoms with Crippen LogP contribution in [-0.2, 0) is 4.74 Å². The number of aliphatic imine (C=N–C) groups is 1. The van der Waals surface area contributed by atoms with E-state index in [0.717, 1.165) is 32.2 Å². The number of amidine groups is 1. The summed E-state index contributed by atoms with van der Waals surface area (Å²) >= 11 is 1.91. The molecule has 0 radical (unpaired) electrons. The van der Waals surface area contributed by atoms with Crippen LogP contribution in [0, 0.1) is 5.92 Å². The van der Waals surface area contributed by atoms with Gasteiger partial charge in [-0.25, -0.2) is 0 Å². The average Bonchev–Trinajstić information content (AvgIpc) is 2.79. The molecule has 2 aliphatic rings. The lowest BCUT2D eigenvalue weighted by Crippen LogP contribution is -2.47. The second-order valence-corrected chi connectivity index (χ2v) is 7.34. The summed E-state index contributed by atoms with van der Waals surface area (Å²) in [5.41, 5.74) is 0.350. The van der Waals surface area contributed by atoms with Gasteiger partial charge < -0.3 is 15.0 Å².